The first kappa shape index (κ1) is 14.8. The van der Waals surface area contributed by atoms with Gasteiger partial charge in [-0.05, 0) is 31.2 Å². The summed E-state index contributed by atoms with van der Waals surface area (Å²) in [5.41, 5.74) is 1.06. The van der Waals surface area contributed by atoms with Crippen molar-refractivity contribution in [3.05, 3.63) is 42.4 Å². The van der Waals surface area contributed by atoms with Gasteiger partial charge in [-0.1, -0.05) is 0 Å². The van der Waals surface area contributed by atoms with Gasteiger partial charge in [0.1, 0.15) is 17.3 Å². The molecule has 2 rings (SSSR count). The number of nitrogens with zero attached hydrogens (tertiary/aromatic N) is 3. The molecule has 21 heavy (non-hydrogen) atoms. The second-order valence-electron chi connectivity index (χ2n) is 4.38. The number of carbonyl (C=O) groups excluding carboxylic acids is 1. The van der Waals surface area contributed by atoms with E-state index in [-0.39, 0.29) is 5.91 Å². The number of hydrogen-bond acceptors (Lipinski definition) is 5. The van der Waals surface area contributed by atoms with Crippen molar-refractivity contribution in [3.63, 3.8) is 0 Å². The van der Waals surface area contributed by atoms with Gasteiger partial charge in [0.25, 0.3) is 5.91 Å². The van der Waals surface area contributed by atoms with Crippen molar-refractivity contribution in [1.29, 1.82) is 0 Å². The maximum absolute atomic E-state index is 12.4. The number of aromatic nitrogens is 2. The molecule has 110 valence electrons. The van der Waals surface area contributed by atoms with Crippen LogP contribution in [0.15, 0.2) is 36.7 Å². The Balaban J connectivity index is 2.19. The Bertz CT molecular complexity index is 613. The Morgan fingerprint density at radius 3 is 2.62 bits per heavy atom. The van der Waals surface area contributed by atoms with E-state index in [2.05, 4.69) is 15.3 Å². The van der Waals surface area contributed by atoms with E-state index < -0.39 is 0 Å². The molecule has 1 amide bonds. The lowest BCUT2D eigenvalue weighted by Gasteiger charge is -2.17. The molecule has 0 unspecified atom stereocenters. The number of amides is 1. The van der Waals surface area contributed by atoms with E-state index in [4.69, 9.17) is 4.74 Å². The molecule has 0 spiro atoms. The first-order valence-corrected chi connectivity index (χ1v) is 6.63. The molecule has 2 aromatic rings. The smallest absolute Gasteiger partial charge is 0.278 e. The molecule has 0 aliphatic rings. The zero-order valence-electron chi connectivity index (χ0n) is 12.3. The molecule has 0 radical (unpaired) electrons. The molecular weight excluding hydrogens is 268 g/mol. The van der Waals surface area contributed by atoms with Crippen LogP contribution in [0.4, 0.5) is 11.5 Å². The van der Waals surface area contributed by atoms with E-state index in [1.807, 2.05) is 19.1 Å². The summed E-state index contributed by atoms with van der Waals surface area (Å²) in [6.07, 6.45) is 3.05. The van der Waals surface area contributed by atoms with E-state index in [0.717, 1.165) is 18.0 Å². The van der Waals surface area contributed by atoms with E-state index in [1.165, 1.54) is 11.1 Å². The van der Waals surface area contributed by atoms with E-state index in [1.54, 1.807) is 32.5 Å². The van der Waals surface area contributed by atoms with Gasteiger partial charge < -0.3 is 15.0 Å². The van der Waals surface area contributed by atoms with Crippen molar-refractivity contribution >= 4 is 17.4 Å². The molecule has 1 aromatic heterocycles. The Morgan fingerprint density at radius 2 is 2.00 bits per heavy atom. The topological polar surface area (TPSA) is 67.4 Å². The molecular formula is C15H18N4O2. The number of carbonyl (C=O) groups is 1. The number of hydrogen-bond donors (Lipinski definition) is 1. The molecule has 0 bridgehead atoms. The molecule has 0 aliphatic carbocycles. The lowest BCUT2D eigenvalue weighted by Crippen LogP contribution is -2.27. The Hall–Kier alpha value is -2.63. The highest BCUT2D eigenvalue weighted by Crippen LogP contribution is 2.19. The number of anilines is 2. The average Bonchev–Trinajstić information content (AvgIpc) is 2.54. The fourth-order valence-electron chi connectivity index (χ4n) is 1.83. The standard InChI is InChI=1S/C15H18N4O2/c1-4-17-14-10-16-9-13(18-14)15(20)19(2)11-5-7-12(21-3)8-6-11/h5-10H,4H2,1-3H3,(H,17,18). The van der Waals surface area contributed by atoms with Crippen LogP contribution in [0.25, 0.3) is 0 Å². The lowest BCUT2D eigenvalue weighted by atomic mass is 10.2. The molecule has 0 saturated heterocycles. The van der Waals surface area contributed by atoms with Crippen LogP contribution in [0.5, 0.6) is 5.75 Å². The minimum atomic E-state index is -0.215. The van der Waals surface area contributed by atoms with Gasteiger partial charge in [-0.25, -0.2) is 4.98 Å². The van der Waals surface area contributed by atoms with E-state index in [9.17, 15) is 4.79 Å². The summed E-state index contributed by atoms with van der Waals surface area (Å²) in [4.78, 5) is 22.2. The van der Waals surface area contributed by atoms with Crippen molar-refractivity contribution in [2.75, 3.05) is 30.9 Å². The monoisotopic (exact) mass is 286 g/mol. The van der Waals surface area contributed by atoms with Crippen molar-refractivity contribution in [2.24, 2.45) is 0 Å². The van der Waals surface area contributed by atoms with Crippen molar-refractivity contribution < 1.29 is 9.53 Å². The summed E-state index contributed by atoms with van der Waals surface area (Å²) in [5, 5.41) is 3.04. The normalized spacial score (nSPS) is 10.0. The zero-order valence-corrected chi connectivity index (χ0v) is 12.3. The highest BCUT2D eigenvalue weighted by molar-refractivity contribution is 6.04. The quantitative estimate of drug-likeness (QED) is 0.912. The molecule has 0 aliphatic heterocycles. The van der Waals surface area contributed by atoms with Crippen LogP contribution < -0.4 is 15.0 Å². The van der Waals surface area contributed by atoms with Crippen LogP contribution in [-0.2, 0) is 0 Å². The molecule has 1 aromatic carbocycles. The third-order valence-electron chi connectivity index (χ3n) is 2.98. The van der Waals surface area contributed by atoms with Crippen LogP contribution in [0.1, 0.15) is 17.4 Å². The second-order valence-corrected chi connectivity index (χ2v) is 4.38. The largest absolute Gasteiger partial charge is 0.497 e. The SMILES string of the molecule is CCNc1cncc(C(=O)N(C)c2ccc(OC)cc2)n1. The van der Waals surface area contributed by atoms with E-state index in [0.29, 0.717) is 11.5 Å². The predicted molar refractivity (Wildman–Crippen MR) is 81.9 cm³/mol. The lowest BCUT2D eigenvalue weighted by molar-refractivity contribution is 0.0988. The van der Waals surface area contributed by atoms with Crippen LogP contribution in [-0.4, -0.2) is 36.6 Å². The summed E-state index contributed by atoms with van der Waals surface area (Å²) in [6, 6.07) is 7.25. The molecule has 0 fully saturated rings. The van der Waals surface area contributed by atoms with Gasteiger partial charge in [-0.15, -0.1) is 0 Å². The highest BCUT2D eigenvalue weighted by Gasteiger charge is 2.15. The maximum atomic E-state index is 12.4. The van der Waals surface area contributed by atoms with Gasteiger partial charge in [0, 0.05) is 19.3 Å². The molecule has 1 heterocycles. The van der Waals surface area contributed by atoms with Crippen LogP contribution in [0.3, 0.4) is 0 Å². The first-order valence-electron chi connectivity index (χ1n) is 6.63. The number of benzene rings is 1. The zero-order chi connectivity index (χ0) is 15.2. The first-order chi connectivity index (χ1) is 10.2. The van der Waals surface area contributed by atoms with Crippen LogP contribution in [0, 0.1) is 0 Å². The minimum absolute atomic E-state index is 0.215. The van der Waals surface area contributed by atoms with Gasteiger partial charge in [-0.2, -0.15) is 0 Å². The second kappa shape index (κ2) is 6.69. The summed E-state index contributed by atoms with van der Waals surface area (Å²) in [5.74, 6) is 1.12. The van der Waals surface area contributed by atoms with Gasteiger partial charge in [0.2, 0.25) is 0 Å². The summed E-state index contributed by atoms with van der Waals surface area (Å²) in [7, 11) is 3.30. The van der Waals surface area contributed by atoms with E-state index >= 15 is 0 Å². The number of methoxy groups -OCH3 is 1. The predicted octanol–water partition coefficient (Wildman–Crippen LogP) is 2.19. The minimum Gasteiger partial charge on any atom is -0.497 e. The molecule has 6 heteroatoms. The molecule has 6 nitrogen and oxygen atoms in total. The third kappa shape index (κ3) is 3.47. The summed E-state index contributed by atoms with van der Waals surface area (Å²) >= 11 is 0. The maximum Gasteiger partial charge on any atom is 0.278 e. The third-order valence-corrected chi connectivity index (χ3v) is 2.98. The number of rotatable bonds is 5. The van der Waals surface area contributed by atoms with Gasteiger partial charge in [0.05, 0.1) is 19.5 Å². The Morgan fingerprint density at radius 1 is 1.29 bits per heavy atom. The summed E-state index contributed by atoms with van der Waals surface area (Å²) in [6.45, 7) is 2.68. The Labute approximate surface area is 123 Å². The average molecular weight is 286 g/mol. The summed E-state index contributed by atoms with van der Waals surface area (Å²) < 4.78 is 5.10. The fraction of sp³-hybridized carbons (Fsp3) is 0.267. The van der Waals surface area contributed by atoms with Gasteiger partial charge in [-0.3, -0.25) is 9.78 Å². The van der Waals surface area contributed by atoms with Crippen molar-refractivity contribution in [1.82, 2.24) is 9.97 Å². The van der Waals surface area contributed by atoms with Crippen molar-refractivity contribution in [3.8, 4) is 5.75 Å². The Kier molecular flexibility index (Phi) is 4.71. The van der Waals surface area contributed by atoms with Crippen molar-refractivity contribution in [2.45, 2.75) is 6.92 Å². The fourth-order valence-corrected chi connectivity index (χ4v) is 1.83. The van der Waals surface area contributed by atoms with Gasteiger partial charge >= 0.3 is 0 Å². The molecule has 0 atom stereocenters. The molecule has 1 N–H and O–H groups in total. The number of nitrogens with one attached hydrogen (secondary N) is 1. The van der Waals surface area contributed by atoms with Crippen LogP contribution in [0.2, 0.25) is 0 Å². The van der Waals surface area contributed by atoms with Gasteiger partial charge in [0.15, 0.2) is 0 Å². The van der Waals surface area contributed by atoms with Crippen LogP contribution >= 0.6 is 0 Å². The number of ether oxygens (including phenoxy) is 1. The molecule has 0 saturated carbocycles. The highest BCUT2D eigenvalue weighted by atomic mass is 16.5.